The number of fused-ring (bicyclic) bond motifs is 1. The van der Waals surface area contributed by atoms with Crippen molar-refractivity contribution < 1.29 is 8.42 Å². The van der Waals surface area contributed by atoms with Crippen LogP contribution in [0.25, 0.3) is 4.96 Å². The Morgan fingerprint density at radius 1 is 1.62 bits per heavy atom. The van der Waals surface area contributed by atoms with Gasteiger partial charge in [-0.25, -0.2) is 19.0 Å². The summed E-state index contributed by atoms with van der Waals surface area (Å²) in [5, 5.41) is 1.79. The van der Waals surface area contributed by atoms with Crippen molar-refractivity contribution in [3.63, 3.8) is 0 Å². The minimum atomic E-state index is -3.59. The van der Waals surface area contributed by atoms with Gasteiger partial charge in [-0.3, -0.25) is 4.40 Å². The third-order valence-corrected chi connectivity index (χ3v) is 4.27. The van der Waals surface area contributed by atoms with Gasteiger partial charge in [-0.1, -0.05) is 6.92 Å². The molecule has 7 nitrogen and oxygen atoms in total. The van der Waals surface area contributed by atoms with Gasteiger partial charge in [0.25, 0.3) is 10.0 Å². The minimum Gasteiger partial charge on any atom is -0.306 e. The van der Waals surface area contributed by atoms with Crippen LogP contribution in [-0.4, -0.2) is 24.3 Å². The van der Waals surface area contributed by atoms with Crippen molar-refractivity contribution in [3.8, 4) is 0 Å². The molecule has 0 saturated heterocycles. The molecule has 2 heterocycles. The first kappa shape index (κ1) is 11.3. The molecule has 0 radical (unpaired) electrons. The summed E-state index contributed by atoms with van der Waals surface area (Å²) in [7, 11) is -3.59. The molecule has 4 N–H and O–H groups in total. The number of hydrazine groups is 1. The number of anilines is 1. The molecule has 9 heteroatoms. The van der Waals surface area contributed by atoms with E-state index in [4.69, 9.17) is 5.84 Å². The van der Waals surface area contributed by atoms with E-state index in [2.05, 4.69) is 15.1 Å². The van der Waals surface area contributed by atoms with Crippen LogP contribution in [0.5, 0.6) is 0 Å². The molecule has 0 bridgehead atoms. The number of hydrogen-bond donors (Lipinski definition) is 3. The molecule has 0 aromatic carbocycles. The number of imidazole rings is 1. The maximum absolute atomic E-state index is 11.9. The van der Waals surface area contributed by atoms with Crippen molar-refractivity contribution in [2.24, 2.45) is 5.84 Å². The van der Waals surface area contributed by atoms with E-state index in [-0.39, 0.29) is 10.8 Å². The van der Waals surface area contributed by atoms with E-state index in [1.807, 2.05) is 0 Å². The predicted molar refractivity (Wildman–Crippen MR) is 61.7 cm³/mol. The first-order valence-corrected chi connectivity index (χ1v) is 6.88. The van der Waals surface area contributed by atoms with Crippen molar-refractivity contribution >= 4 is 32.1 Å². The average molecular weight is 261 g/mol. The number of nitrogens with one attached hydrogen (secondary N) is 2. The molecule has 0 fully saturated rings. The second kappa shape index (κ2) is 4.01. The van der Waals surface area contributed by atoms with Crippen molar-refractivity contribution in [1.82, 2.24) is 14.1 Å². The smallest absolute Gasteiger partial charge is 0.260 e. The molecule has 2 aromatic heterocycles. The van der Waals surface area contributed by atoms with Gasteiger partial charge in [0.1, 0.15) is 0 Å². The van der Waals surface area contributed by atoms with Crippen molar-refractivity contribution in [1.29, 1.82) is 0 Å². The molecular weight excluding hydrogens is 250 g/mol. The van der Waals surface area contributed by atoms with E-state index < -0.39 is 10.0 Å². The fraction of sp³-hybridized carbons (Fsp3) is 0.286. The molecule has 88 valence electrons. The van der Waals surface area contributed by atoms with Gasteiger partial charge in [-0.2, -0.15) is 4.98 Å². The number of rotatable bonds is 4. The largest absolute Gasteiger partial charge is 0.306 e. The summed E-state index contributed by atoms with van der Waals surface area (Å²) in [6.45, 7) is 2.02. The number of nitrogen functional groups attached to an aromatic ring is 1. The fourth-order valence-corrected chi connectivity index (χ4v) is 3.43. The molecule has 0 aliphatic rings. The normalized spacial score (nSPS) is 12.1. The highest BCUT2D eigenvalue weighted by Gasteiger charge is 2.24. The van der Waals surface area contributed by atoms with Crippen molar-refractivity contribution in [2.45, 2.75) is 11.9 Å². The maximum Gasteiger partial charge on any atom is 0.260 e. The number of nitrogens with two attached hydrogens (primary N) is 1. The summed E-state index contributed by atoms with van der Waals surface area (Å²) in [6.07, 6.45) is 1.64. The zero-order chi connectivity index (χ0) is 11.8. The third-order valence-electron chi connectivity index (χ3n) is 1.94. The van der Waals surface area contributed by atoms with Gasteiger partial charge in [0.05, 0.1) is 0 Å². The van der Waals surface area contributed by atoms with E-state index in [1.54, 1.807) is 18.5 Å². The Hall–Kier alpha value is -1.16. The van der Waals surface area contributed by atoms with Crippen LogP contribution < -0.4 is 16.0 Å². The van der Waals surface area contributed by atoms with Crippen molar-refractivity contribution in [2.75, 3.05) is 12.0 Å². The SMILES string of the molecule is CCNS(=O)(=O)c1c(NN)nc2sccn12. The molecule has 0 aliphatic heterocycles. The summed E-state index contributed by atoms with van der Waals surface area (Å²) < 4.78 is 27.7. The van der Waals surface area contributed by atoms with Crippen LogP contribution in [0, 0.1) is 0 Å². The lowest BCUT2D eigenvalue weighted by molar-refractivity contribution is 0.579. The number of aromatic nitrogens is 2. The molecule has 0 amide bonds. The Kier molecular flexibility index (Phi) is 2.84. The molecule has 0 saturated carbocycles. The molecule has 0 spiro atoms. The van der Waals surface area contributed by atoms with Crippen LogP contribution >= 0.6 is 11.3 Å². The number of sulfonamides is 1. The maximum atomic E-state index is 11.9. The first-order valence-electron chi connectivity index (χ1n) is 4.52. The lowest BCUT2D eigenvalue weighted by atomic mass is 10.7. The highest BCUT2D eigenvalue weighted by molar-refractivity contribution is 7.89. The third kappa shape index (κ3) is 1.67. The van der Waals surface area contributed by atoms with Crippen molar-refractivity contribution in [3.05, 3.63) is 11.6 Å². The molecule has 16 heavy (non-hydrogen) atoms. The van der Waals surface area contributed by atoms with E-state index in [0.717, 1.165) is 0 Å². The summed E-state index contributed by atoms with van der Waals surface area (Å²) in [5.41, 5.74) is 2.29. The monoisotopic (exact) mass is 261 g/mol. The van der Waals surface area contributed by atoms with Gasteiger partial charge >= 0.3 is 0 Å². The van der Waals surface area contributed by atoms with Crippen LogP contribution in [0.3, 0.4) is 0 Å². The Morgan fingerprint density at radius 3 is 3.00 bits per heavy atom. The van der Waals surface area contributed by atoms with Gasteiger partial charge < -0.3 is 5.43 Å². The summed E-state index contributed by atoms with van der Waals surface area (Å²) in [6, 6.07) is 0. The van der Waals surface area contributed by atoms with Gasteiger partial charge in [-0.15, -0.1) is 11.3 Å². The van der Waals surface area contributed by atoms with Gasteiger partial charge in [0, 0.05) is 18.1 Å². The summed E-state index contributed by atoms with van der Waals surface area (Å²) in [4.78, 5) is 4.64. The molecule has 2 rings (SSSR count). The Labute approximate surface area is 96.3 Å². The Bertz CT molecular complexity index is 599. The number of nitrogens with zero attached hydrogens (tertiary/aromatic N) is 2. The number of hydrogen-bond acceptors (Lipinski definition) is 6. The van der Waals surface area contributed by atoms with Crippen LogP contribution in [0.4, 0.5) is 5.82 Å². The fourth-order valence-electron chi connectivity index (χ4n) is 1.37. The first-order chi connectivity index (χ1) is 7.60. The highest BCUT2D eigenvalue weighted by atomic mass is 32.2. The Balaban J connectivity index is 2.69. The van der Waals surface area contributed by atoms with Crippen LogP contribution in [0.2, 0.25) is 0 Å². The van der Waals surface area contributed by atoms with Crippen LogP contribution in [0.1, 0.15) is 6.92 Å². The lowest BCUT2D eigenvalue weighted by Crippen LogP contribution is -2.26. The quantitative estimate of drug-likeness (QED) is 0.530. The molecular formula is C7H11N5O2S2. The van der Waals surface area contributed by atoms with Crippen LogP contribution in [-0.2, 0) is 10.0 Å². The van der Waals surface area contributed by atoms with Gasteiger partial charge in [0.15, 0.2) is 10.8 Å². The molecule has 0 atom stereocenters. The Morgan fingerprint density at radius 2 is 2.38 bits per heavy atom. The van der Waals surface area contributed by atoms with E-state index in [1.165, 1.54) is 15.7 Å². The average Bonchev–Trinajstić information content (AvgIpc) is 2.74. The predicted octanol–water partition coefficient (Wildman–Crippen LogP) is -0.0204. The van der Waals surface area contributed by atoms with E-state index in [9.17, 15) is 8.42 Å². The zero-order valence-electron chi connectivity index (χ0n) is 8.47. The lowest BCUT2D eigenvalue weighted by Gasteiger charge is -2.04. The standard InChI is InChI=1S/C7H11N5O2S2/c1-2-9-16(13,14)6-5(11-8)10-7-12(6)3-4-15-7/h3-4,9,11H,2,8H2,1H3. The minimum absolute atomic E-state index is 0.0353. The number of thiazole rings is 1. The van der Waals surface area contributed by atoms with Gasteiger partial charge in [-0.05, 0) is 0 Å². The molecule has 0 unspecified atom stereocenters. The van der Waals surface area contributed by atoms with Crippen LogP contribution in [0.15, 0.2) is 16.6 Å². The topological polar surface area (TPSA) is 102 Å². The second-order valence-corrected chi connectivity index (χ2v) is 5.52. The second-order valence-electron chi connectivity index (χ2n) is 2.97. The zero-order valence-corrected chi connectivity index (χ0v) is 10.1. The van der Waals surface area contributed by atoms with E-state index >= 15 is 0 Å². The van der Waals surface area contributed by atoms with E-state index in [0.29, 0.717) is 11.5 Å². The molecule has 0 aliphatic carbocycles. The summed E-state index contributed by atoms with van der Waals surface area (Å²) >= 11 is 1.34. The summed E-state index contributed by atoms with van der Waals surface area (Å²) in [5.74, 6) is 5.40. The van der Waals surface area contributed by atoms with Gasteiger partial charge in [0.2, 0.25) is 5.03 Å². The molecule has 2 aromatic rings. The highest BCUT2D eigenvalue weighted by Crippen LogP contribution is 2.24.